The third-order valence-electron chi connectivity index (χ3n) is 10.7. The van der Waals surface area contributed by atoms with Gasteiger partial charge in [-0.25, -0.2) is 17.4 Å². The van der Waals surface area contributed by atoms with Gasteiger partial charge in [0.15, 0.2) is 16.1 Å². The molecular weight excluding hydrogens is 834 g/mol. The second-order valence-corrected chi connectivity index (χ2v) is 17.8. The van der Waals surface area contributed by atoms with Crippen LogP contribution in [0.3, 0.4) is 0 Å². The topological polar surface area (TPSA) is 241 Å². The summed E-state index contributed by atoms with van der Waals surface area (Å²) in [6.07, 6.45) is -7.84. The van der Waals surface area contributed by atoms with Gasteiger partial charge in [-0.3, -0.25) is 4.55 Å². The van der Waals surface area contributed by atoms with Gasteiger partial charge in [0.2, 0.25) is 0 Å². The van der Waals surface area contributed by atoms with E-state index in [0.717, 1.165) is 5.69 Å². The molecule has 9 atom stereocenters. The van der Waals surface area contributed by atoms with Gasteiger partial charge in [-0.1, -0.05) is 69.7 Å². The summed E-state index contributed by atoms with van der Waals surface area (Å²) >= 11 is 0. The monoisotopic (exact) mass is 891 g/mol. The maximum Gasteiger partial charge on any atom is 1.00 e. The number of hydrogen-bond acceptors (Lipinski definition) is 13. The minimum atomic E-state index is -4.93. The predicted molar refractivity (Wildman–Crippen MR) is 219 cm³/mol. The van der Waals surface area contributed by atoms with Crippen molar-refractivity contribution in [2.45, 2.75) is 94.2 Å². The first kappa shape index (κ1) is 51.3. The normalized spacial score (nSPS) is 26.7. The van der Waals surface area contributed by atoms with Crippen LogP contribution in [0, 0.1) is 11.8 Å². The molecule has 5 rings (SSSR count). The molecule has 2 heterocycles. The van der Waals surface area contributed by atoms with Gasteiger partial charge in [-0.15, -0.1) is 0 Å². The summed E-state index contributed by atoms with van der Waals surface area (Å²) < 4.78 is 75.6. The zero-order valence-electron chi connectivity index (χ0n) is 35.6. The van der Waals surface area contributed by atoms with Crippen molar-refractivity contribution < 1.29 is 113 Å². The molecule has 19 heteroatoms. The van der Waals surface area contributed by atoms with Crippen molar-refractivity contribution in [1.82, 2.24) is 5.32 Å². The molecule has 324 valence electrons. The number of rotatable bonds is 13. The SMILES string of the molecule is CCC(C)[C@@]1(c2cccc(NC(=O)N[C@@H]3O[C@H](COS(=O)(=O)O)[C@@H](O)[C@H](OCc4ccccc4)[C@H]3O)c2)c2cc(N(C)C)ccc2S(=O)(=O)C[C@@H](CC)[C@H]1O.CCO.[H-].[K+]. The van der Waals surface area contributed by atoms with Crippen molar-refractivity contribution in [3.63, 3.8) is 0 Å². The van der Waals surface area contributed by atoms with E-state index in [9.17, 15) is 36.9 Å². The van der Waals surface area contributed by atoms with E-state index in [4.69, 9.17) is 19.1 Å². The molecule has 2 aliphatic heterocycles. The van der Waals surface area contributed by atoms with Crippen molar-refractivity contribution in [3.8, 4) is 0 Å². The van der Waals surface area contributed by atoms with Crippen LogP contribution in [-0.4, -0.2) is 118 Å². The summed E-state index contributed by atoms with van der Waals surface area (Å²) in [7, 11) is -5.05. The minimum Gasteiger partial charge on any atom is -1.00 e. The van der Waals surface area contributed by atoms with Crippen molar-refractivity contribution in [2.75, 3.05) is 43.3 Å². The Morgan fingerprint density at radius 1 is 1.02 bits per heavy atom. The van der Waals surface area contributed by atoms with Crippen LogP contribution in [-0.2, 0) is 45.9 Å². The van der Waals surface area contributed by atoms with Crippen LogP contribution in [0.5, 0.6) is 0 Å². The molecule has 59 heavy (non-hydrogen) atoms. The second kappa shape index (κ2) is 22.3. The molecule has 1 saturated heterocycles. The van der Waals surface area contributed by atoms with Crippen molar-refractivity contribution in [3.05, 3.63) is 89.5 Å². The molecule has 2 amide bonds. The first-order valence-electron chi connectivity index (χ1n) is 19.1. The molecule has 16 nitrogen and oxygen atoms in total. The number of aliphatic hydroxyl groups is 4. The van der Waals surface area contributed by atoms with Crippen LogP contribution < -0.4 is 66.9 Å². The quantitative estimate of drug-likeness (QED) is 0.0906. The van der Waals surface area contributed by atoms with E-state index in [1.165, 1.54) is 0 Å². The molecule has 2 aliphatic rings. The maximum absolute atomic E-state index is 13.9. The molecule has 0 spiro atoms. The summed E-state index contributed by atoms with van der Waals surface area (Å²) in [4.78, 5) is 15.6. The summed E-state index contributed by atoms with van der Waals surface area (Å²) in [5.41, 5.74) is 1.54. The van der Waals surface area contributed by atoms with Gasteiger partial charge in [-0.05, 0) is 66.3 Å². The van der Waals surface area contributed by atoms with Crippen LogP contribution in [0.1, 0.15) is 58.7 Å². The summed E-state index contributed by atoms with van der Waals surface area (Å²) in [6, 6.07) is 20.0. The number of anilines is 2. The number of hydrogen-bond donors (Lipinski definition) is 7. The third kappa shape index (κ3) is 12.3. The Morgan fingerprint density at radius 3 is 2.27 bits per heavy atom. The molecular formula is C40H58KN3O13S2. The number of carbonyl (C=O) groups excluding carboxylic acids is 1. The number of amides is 2. The largest absolute Gasteiger partial charge is 1.00 e. The Hall–Kier alpha value is -2.05. The van der Waals surface area contributed by atoms with E-state index in [2.05, 4.69) is 14.8 Å². The van der Waals surface area contributed by atoms with Gasteiger partial charge in [-0.2, -0.15) is 8.42 Å². The van der Waals surface area contributed by atoms with Gasteiger partial charge in [0.25, 0.3) is 0 Å². The fourth-order valence-corrected chi connectivity index (χ4v) is 9.98. The second-order valence-electron chi connectivity index (χ2n) is 14.7. The summed E-state index contributed by atoms with van der Waals surface area (Å²) in [5.74, 6) is -1.12. The van der Waals surface area contributed by atoms with E-state index in [-0.39, 0.29) is 88.3 Å². The number of sulfone groups is 1. The van der Waals surface area contributed by atoms with Gasteiger partial charge in [0.1, 0.15) is 24.4 Å². The van der Waals surface area contributed by atoms with E-state index >= 15 is 0 Å². The summed E-state index contributed by atoms with van der Waals surface area (Å²) in [6.45, 7) is 6.82. The number of aliphatic hydroxyl groups excluding tert-OH is 4. The standard InChI is InChI=1S/C38H51N3O12S2.C2H6O.K.H/c1-6-23(3)38(29-19-28(41(4)5)16-17-31(29)54(46,47)22-25(7-2)35(38)44)26-14-11-15-27(18-26)39-37(45)40-36-33(43)34(51-20-24-12-9-8-10-13-24)32(42)30(53-36)21-52-55(48,49)50;1-2-3;;/h8-19,23,25,30,32-36,42-44H,6-7,20-22H2,1-5H3,(H2,39,40,45)(H,48,49,50);3H,2H2,1H3;;/q;;+1;-1/t23?,25-,30-,32-,33-,34+,35-,36-,38-;;;/m1.../s1. The van der Waals surface area contributed by atoms with Gasteiger partial charge in [0.05, 0.1) is 35.4 Å². The number of ether oxygens (including phenoxy) is 2. The molecule has 0 aliphatic carbocycles. The van der Waals surface area contributed by atoms with Crippen LogP contribution >= 0.6 is 0 Å². The average Bonchev–Trinajstić information content (AvgIpc) is 3.25. The summed E-state index contributed by atoms with van der Waals surface area (Å²) in [5, 5.41) is 47.4. The third-order valence-corrected chi connectivity index (χ3v) is 13.1. The van der Waals surface area contributed by atoms with Crippen LogP contribution in [0.4, 0.5) is 16.2 Å². The minimum absolute atomic E-state index is 0. The molecule has 0 bridgehead atoms. The zero-order valence-corrected chi connectivity index (χ0v) is 39.3. The van der Waals surface area contributed by atoms with E-state index < -0.39 is 81.0 Å². The van der Waals surface area contributed by atoms with Crippen molar-refractivity contribution in [1.29, 1.82) is 0 Å². The Morgan fingerprint density at radius 2 is 1.68 bits per heavy atom. The first-order chi connectivity index (χ1) is 27.3. The van der Waals surface area contributed by atoms with E-state index in [1.54, 1.807) is 73.7 Å². The number of urea groups is 1. The fourth-order valence-electron chi connectivity index (χ4n) is 7.68. The van der Waals surface area contributed by atoms with Gasteiger partial charge >= 0.3 is 67.8 Å². The van der Waals surface area contributed by atoms with E-state index in [0.29, 0.717) is 29.5 Å². The van der Waals surface area contributed by atoms with E-state index in [1.807, 2.05) is 45.8 Å². The Bertz CT molecular complexity index is 2050. The molecule has 1 fully saturated rings. The number of fused-ring (bicyclic) bond motifs is 1. The Kier molecular flexibility index (Phi) is 19.4. The van der Waals surface area contributed by atoms with Gasteiger partial charge in [0, 0.05) is 38.0 Å². The molecule has 3 aromatic carbocycles. The maximum atomic E-state index is 13.9. The van der Waals surface area contributed by atoms with Crippen molar-refractivity contribution in [2.24, 2.45) is 11.8 Å². The molecule has 3 aromatic rings. The molecule has 0 aromatic heterocycles. The molecule has 1 unspecified atom stereocenters. The Balaban J connectivity index is 0.00000241. The van der Waals surface area contributed by atoms with Gasteiger partial charge < -0.3 is 46.9 Å². The smallest absolute Gasteiger partial charge is 1.00 e. The number of benzene rings is 3. The predicted octanol–water partition coefficient (Wildman–Crippen LogP) is 0.347. The number of carbonyl (C=O) groups is 1. The molecule has 7 N–H and O–H groups in total. The fraction of sp³-hybridized carbons (Fsp3) is 0.525. The average molecular weight is 892 g/mol. The van der Waals surface area contributed by atoms with Crippen molar-refractivity contribution >= 4 is 37.6 Å². The first-order valence-corrected chi connectivity index (χ1v) is 22.2. The number of nitrogens with zero attached hydrogens (tertiary/aromatic N) is 1. The van der Waals surface area contributed by atoms with Crippen LogP contribution in [0.15, 0.2) is 77.7 Å². The molecule has 0 radical (unpaired) electrons. The number of nitrogens with one attached hydrogen (secondary N) is 2. The molecule has 0 saturated carbocycles. The zero-order chi connectivity index (χ0) is 43.0. The van der Waals surface area contributed by atoms with Crippen LogP contribution in [0.2, 0.25) is 0 Å². The Labute approximate surface area is 391 Å². The van der Waals surface area contributed by atoms with Crippen LogP contribution in [0.25, 0.3) is 0 Å².